The molecule has 0 bridgehead atoms. The molecule has 0 aromatic heterocycles. The van der Waals surface area contributed by atoms with E-state index < -0.39 is 18.0 Å². The van der Waals surface area contributed by atoms with Crippen LogP contribution in [0.4, 0.5) is 0 Å². The molecule has 7 heavy (non-hydrogen) atoms. The van der Waals surface area contributed by atoms with E-state index in [1.165, 1.54) is 6.08 Å². The smallest absolute Gasteiger partial charge is 0.221 e. The van der Waals surface area contributed by atoms with Gasteiger partial charge in [-0.2, -0.15) is 0 Å². The highest BCUT2D eigenvalue weighted by atomic mass is 16.2. The molecule has 0 saturated heterocycles. The van der Waals surface area contributed by atoms with Gasteiger partial charge in [0.1, 0.15) is 0 Å². The maximum atomic E-state index is 10.3. The van der Waals surface area contributed by atoms with Gasteiger partial charge in [-0.05, 0) is 6.08 Å². The fourth-order valence-electron chi connectivity index (χ4n) is 0.387. The van der Waals surface area contributed by atoms with E-state index in [1.807, 2.05) is 0 Å². The van der Waals surface area contributed by atoms with Crippen LogP contribution in [0.5, 0.6) is 0 Å². The van der Waals surface area contributed by atoms with Crippen molar-refractivity contribution < 1.29 is 11.0 Å². The second-order valence-electron chi connectivity index (χ2n) is 1.25. The summed E-state index contributed by atoms with van der Waals surface area (Å²) in [5.41, 5.74) is 0. The molecule has 1 unspecified atom stereocenters. The minimum absolute atomic E-state index is 0.551. The van der Waals surface area contributed by atoms with Crippen LogP contribution in [-0.2, 0) is 9.59 Å². The third-order valence-electron chi connectivity index (χ3n) is 0.738. The molecular formula is C5H4O2. The van der Waals surface area contributed by atoms with Crippen LogP contribution in [0.25, 0.3) is 0 Å². The number of carbonyl (C=O) groups is 2. The first-order valence-electron chi connectivity index (χ1n) is 2.48. The summed E-state index contributed by atoms with van der Waals surface area (Å²) in [7, 11) is 0. The molecule has 0 amide bonds. The van der Waals surface area contributed by atoms with Gasteiger partial charge >= 0.3 is 0 Å². The van der Waals surface area contributed by atoms with Crippen molar-refractivity contribution in [2.75, 3.05) is 0 Å². The highest BCUT2D eigenvalue weighted by Gasteiger charge is 2.12. The van der Waals surface area contributed by atoms with Gasteiger partial charge in [0.2, 0.25) is 11.6 Å². The minimum Gasteiger partial charge on any atom is -0.290 e. The van der Waals surface area contributed by atoms with E-state index >= 15 is 0 Å². The van der Waals surface area contributed by atoms with E-state index in [4.69, 9.17) is 1.37 Å². The maximum absolute atomic E-state index is 10.3. The number of ketones is 2. The lowest BCUT2D eigenvalue weighted by Gasteiger charge is -1.73. The molecule has 0 radical (unpaired) electrons. The van der Waals surface area contributed by atoms with Crippen molar-refractivity contribution >= 4 is 11.6 Å². The minimum atomic E-state index is -0.928. The number of Topliss-reactive ketones (excluding diaryl/α,β-unsaturated/α-hetero) is 1. The molecule has 0 fully saturated rings. The topological polar surface area (TPSA) is 34.1 Å². The summed E-state index contributed by atoms with van der Waals surface area (Å²) < 4.78 is 6.81. The number of hydrogen-bond acceptors (Lipinski definition) is 2. The molecule has 0 saturated carbocycles. The van der Waals surface area contributed by atoms with E-state index in [1.54, 1.807) is 0 Å². The van der Waals surface area contributed by atoms with Crippen LogP contribution in [-0.4, -0.2) is 11.6 Å². The number of allylic oxidation sites excluding steroid dienone is 2. The largest absolute Gasteiger partial charge is 0.290 e. The second kappa shape index (κ2) is 1.30. The average Bonchev–Trinajstić information content (AvgIpc) is 1.98. The highest BCUT2D eigenvalue weighted by Crippen LogP contribution is 1.97. The zero-order valence-corrected chi connectivity index (χ0v) is 3.55. The first kappa shape index (κ1) is 3.13. The van der Waals surface area contributed by atoms with Gasteiger partial charge in [-0.15, -0.1) is 0 Å². The Bertz CT molecular complexity index is 171. The van der Waals surface area contributed by atoms with Gasteiger partial charge in [0, 0.05) is 7.77 Å². The highest BCUT2D eigenvalue weighted by molar-refractivity contribution is 6.43. The van der Waals surface area contributed by atoms with E-state index in [2.05, 4.69) is 0 Å². The van der Waals surface area contributed by atoms with Crippen LogP contribution in [0, 0.1) is 0 Å². The van der Waals surface area contributed by atoms with Crippen LogP contribution in [0.3, 0.4) is 0 Å². The zero-order valence-electron chi connectivity index (χ0n) is 4.55. The molecule has 1 aliphatic carbocycles. The van der Waals surface area contributed by atoms with Gasteiger partial charge in [0.05, 0.1) is 0 Å². The normalized spacial score (nSPS) is 31.4. The predicted molar refractivity (Wildman–Crippen MR) is 23.8 cm³/mol. The monoisotopic (exact) mass is 97.0 g/mol. The first-order chi connectivity index (χ1) is 3.72. The Morgan fingerprint density at radius 1 is 1.71 bits per heavy atom. The van der Waals surface area contributed by atoms with Crippen molar-refractivity contribution in [3.05, 3.63) is 12.2 Å². The SMILES string of the molecule is [2H]C1C=CC(=O)C1=O. The van der Waals surface area contributed by atoms with Crippen molar-refractivity contribution in [2.45, 2.75) is 6.40 Å². The summed E-state index contributed by atoms with van der Waals surface area (Å²) in [4.78, 5) is 20.5. The second-order valence-corrected chi connectivity index (χ2v) is 1.25. The third-order valence-corrected chi connectivity index (χ3v) is 0.738. The van der Waals surface area contributed by atoms with Crippen molar-refractivity contribution in [2.24, 2.45) is 0 Å². The molecule has 0 aliphatic heterocycles. The van der Waals surface area contributed by atoms with E-state index in [0.29, 0.717) is 0 Å². The lowest BCUT2D eigenvalue weighted by atomic mass is 10.3. The molecule has 1 atom stereocenters. The van der Waals surface area contributed by atoms with E-state index in [9.17, 15) is 9.59 Å². The standard InChI is InChI=1S/C5H4O2/c6-4-2-1-3-5(4)7/h1-2H,3H2/i3D. The number of carbonyl (C=O) groups excluding carboxylic acids is 2. The maximum Gasteiger partial charge on any atom is 0.221 e. The van der Waals surface area contributed by atoms with Crippen molar-refractivity contribution in [3.8, 4) is 0 Å². The fraction of sp³-hybridized carbons (Fsp3) is 0.200. The van der Waals surface area contributed by atoms with Gasteiger partial charge in [0.15, 0.2) is 0 Å². The third kappa shape index (κ3) is 0.585. The fourth-order valence-corrected chi connectivity index (χ4v) is 0.387. The van der Waals surface area contributed by atoms with Crippen molar-refractivity contribution in [1.29, 1.82) is 0 Å². The van der Waals surface area contributed by atoms with Gasteiger partial charge in [-0.1, -0.05) is 6.08 Å². The van der Waals surface area contributed by atoms with Crippen molar-refractivity contribution in [1.82, 2.24) is 0 Å². The Kier molecular flexibility index (Phi) is 0.579. The molecule has 2 heteroatoms. The lowest BCUT2D eigenvalue weighted by molar-refractivity contribution is -0.132. The zero-order chi connectivity index (χ0) is 6.15. The van der Waals surface area contributed by atoms with Crippen LogP contribution in [0.1, 0.15) is 7.77 Å². The van der Waals surface area contributed by atoms with Crippen LogP contribution < -0.4 is 0 Å². The van der Waals surface area contributed by atoms with Crippen LogP contribution in [0.15, 0.2) is 12.2 Å². The summed E-state index contributed by atoms with van der Waals surface area (Å²) in [5, 5.41) is 0. The molecule has 0 spiro atoms. The summed E-state index contributed by atoms with van der Waals surface area (Å²) in [6.07, 6.45) is 1.49. The Hall–Kier alpha value is -0.920. The van der Waals surface area contributed by atoms with Crippen molar-refractivity contribution in [3.63, 3.8) is 0 Å². The van der Waals surface area contributed by atoms with Gasteiger partial charge < -0.3 is 0 Å². The summed E-state index contributed by atoms with van der Waals surface area (Å²) in [6.45, 7) is 0. The Morgan fingerprint density at radius 3 is 2.57 bits per heavy atom. The van der Waals surface area contributed by atoms with E-state index in [0.717, 1.165) is 6.08 Å². The summed E-state index contributed by atoms with van der Waals surface area (Å²) in [6, 6.07) is 0. The van der Waals surface area contributed by atoms with Crippen LogP contribution in [0.2, 0.25) is 0 Å². The summed E-state index contributed by atoms with van der Waals surface area (Å²) >= 11 is 0. The first-order valence-corrected chi connectivity index (χ1v) is 1.90. The molecule has 0 heterocycles. The van der Waals surface area contributed by atoms with Crippen LogP contribution >= 0.6 is 0 Å². The van der Waals surface area contributed by atoms with Gasteiger partial charge in [-0.25, -0.2) is 0 Å². The van der Waals surface area contributed by atoms with Gasteiger partial charge in [-0.3, -0.25) is 9.59 Å². The molecule has 0 N–H and O–H groups in total. The summed E-state index contributed by atoms with van der Waals surface area (Å²) in [5.74, 6) is -1.17. The molecule has 1 rings (SSSR count). The number of rotatable bonds is 0. The Labute approximate surface area is 42.2 Å². The van der Waals surface area contributed by atoms with E-state index in [-0.39, 0.29) is 0 Å². The quantitative estimate of drug-likeness (QED) is 0.401. The van der Waals surface area contributed by atoms with Gasteiger partial charge in [0.25, 0.3) is 0 Å². The molecule has 0 aromatic carbocycles. The molecule has 0 aromatic rings. The molecular weight excluding hydrogens is 92.1 g/mol. The molecule has 2 nitrogen and oxygen atoms in total. The predicted octanol–water partition coefficient (Wildman–Crippen LogP) is 0.0845. The average molecular weight is 97.1 g/mol. The molecule has 1 aliphatic rings. The Balaban J connectivity index is 2.85. The lowest BCUT2D eigenvalue weighted by Crippen LogP contribution is -2.01. The molecule has 36 valence electrons. The number of hydrogen-bond donors (Lipinski definition) is 0. The Morgan fingerprint density at radius 2 is 2.43 bits per heavy atom.